The van der Waals surface area contributed by atoms with Crippen molar-refractivity contribution in [3.8, 4) is 0 Å². The van der Waals surface area contributed by atoms with Crippen LogP contribution >= 0.6 is 0 Å². The van der Waals surface area contributed by atoms with Crippen molar-refractivity contribution in [2.75, 3.05) is 19.0 Å². The van der Waals surface area contributed by atoms with Crippen LogP contribution in [-0.2, 0) is 0 Å². The summed E-state index contributed by atoms with van der Waals surface area (Å²) >= 11 is 0. The van der Waals surface area contributed by atoms with Crippen LogP contribution in [0.2, 0.25) is 0 Å². The predicted molar refractivity (Wildman–Crippen MR) is 37.7 cm³/mol. The molecule has 0 aliphatic carbocycles. The Hall–Kier alpha value is -0.990. The molecule has 3 heteroatoms. The Labute approximate surface area is 54.7 Å². The van der Waals surface area contributed by atoms with Crippen molar-refractivity contribution in [2.24, 2.45) is 0 Å². The molecule has 0 spiro atoms. The molecule has 0 atom stereocenters. The second-order valence-corrected chi connectivity index (χ2v) is 2.28. The van der Waals surface area contributed by atoms with Gasteiger partial charge in [0.2, 0.25) is 5.95 Å². The minimum atomic E-state index is 0.910. The number of nitrogens with zero attached hydrogens (tertiary/aromatic N) is 2. The molecule has 0 saturated heterocycles. The number of nitrogens with one attached hydrogen (secondary N) is 1. The van der Waals surface area contributed by atoms with Crippen molar-refractivity contribution in [3.05, 3.63) is 11.9 Å². The van der Waals surface area contributed by atoms with Crippen LogP contribution < -0.4 is 4.90 Å². The molecule has 0 amide bonds. The van der Waals surface area contributed by atoms with Gasteiger partial charge in [-0.3, -0.25) is 0 Å². The zero-order valence-electron chi connectivity index (χ0n) is 5.97. The fourth-order valence-corrected chi connectivity index (χ4v) is 0.626. The molecule has 0 aliphatic rings. The fourth-order valence-electron chi connectivity index (χ4n) is 0.626. The number of rotatable bonds is 1. The molecular formula is C6H11N3. The van der Waals surface area contributed by atoms with E-state index >= 15 is 0 Å². The smallest absolute Gasteiger partial charge is 0.202 e. The van der Waals surface area contributed by atoms with Crippen molar-refractivity contribution in [3.63, 3.8) is 0 Å². The lowest BCUT2D eigenvalue weighted by molar-refractivity contribution is 1.03. The van der Waals surface area contributed by atoms with E-state index in [-0.39, 0.29) is 0 Å². The molecule has 0 radical (unpaired) electrons. The van der Waals surface area contributed by atoms with E-state index in [0.29, 0.717) is 0 Å². The molecule has 1 rings (SSSR count). The number of hydrogen-bond acceptors (Lipinski definition) is 2. The average molecular weight is 125 g/mol. The van der Waals surface area contributed by atoms with Crippen LogP contribution in [0.1, 0.15) is 5.69 Å². The van der Waals surface area contributed by atoms with Crippen LogP contribution in [-0.4, -0.2) is 24.1 Å². The lowest BCUT2D eigenvalue weighted by Gasteiger charge is -2.05. The van der Waals surface area contributed by atoms with Gasteiger partial charge in [-0.25, -0.2) is 4.98 Å². The lowest BCUT2D eigenvalue weighted by Crippen LogP contribution is -2.09. The molecule has 9 heavy (non-hydrogen) atoms. The summed E-state index contributed by atoms with van der Waals surface area (Å²) in [5.74, 6) is 0.910. The summed E-state index contributed by atoms with van der Waals surface area (Å²) in [6.45, 7) is 1.99. The number of imidazole rings is 1. The molecule has 0 fully saturated rings. The molecule has 0 aliphatic heterocycles. The maximum atomic E-state index is 4.09. The number of hydrogen-bond donors (Lipinski definition) is 1. The summed E-state index contributed by atoms with van der Waals surface area (Å²) in [4.78, 5) is 9.11. The number of H-pyrrole nitrogens is 1. The molecule has 50 valence electrons. The highest BCUT2D eigenvalue weighted by Gasteiger charge is 1.95. The summed E-state index contributed by atoms with van der Waals surface area (Å²) in [6, 6.07) is 0. The van der Waals surface area contributed by atoms with E-state index in [0.717, 1.165) is 11.6 Å². The fraction of sp³-hybridized carbons (Fsp3) is 0.500. The SMILES string of the molecule is Cc1cnc(N(C)C)[nH]1. The Bertz CT molecular complexity index is 190. The van der Waals surface area contributed by atoms with Gasteiger partial charge in [-0.15, -0.1) is 0 Å². The van der Waals surface area contributed by atoms with Crippen molar-refractivity contribution in [2.45, 2.75) is 6.92 Å². The van der Waals surface area contributed by atoms with Crippen LogP contribution in [0.5, 0.6) is 0 Å². The van der Waals surface area contributed by atoms with E-state index in [1.807, 2.05) is 32.1 Å². The van der Waals surface area contributed by atoms with Gasteiger partial charge in [0.1, 0.15) is 0 Å². The van der Waals surface area contributed by atoms with Crippen LogP contribution in [0.4, 0.5) is 5.95 Å². The quantitative estimate of drug-likeness (QED) is 0.601. The Morgan fingerprint density at radius 3 is 2.44 bits per heavy atom. The highest BCUT2D eigenvalue weighted by atomic mass is 15.2. The minimum absolute atomic E-state index is 0.910. The van der Waals surface area contributed by atoms with Gasteiger partial charge < -0.3 is 9.88 Å². The van der Waals surface area contributed by atoms with Crippen LogP contribution in [0.3, 0.4) is 0 Å². The number of aryl methyl sites for hydroxylation is 1. The molecule has 0 aromatic carbocycles. The Morgan fingerprint density at radius 2 is 2.22 bits per heavy atom. The molecule has 1 N–H and O–H groups in total. The van der Waals surface area contributed by atoms with Crippen LogP contribution in [0.25, 0.3) is 0 Å². The van der Waals surface area contributed by atoms with E-state index in [9.17, 15) is 0 Å². The van der Waals surface area contributed by atoms with E-state index in [1.165, 1.54) is 0 Å². The van der Waals surface area contributed by atoms with Gasteiger partial charge in [-0.2, -0.15) is 0 Å². The van der Waals surface area contributed by atoms with Gasteiger partial charge in [-0.1, -0.05) is 0 Å². The normalized spacial score (nSPS) is 9.67. The molecule has 0 bridgehead atoms. The van der Waals surface area contributed by atoms with Gasteiger partial charge in [0, 0.05) is 26.0 Å². The second kappa shape index (κ2) is 2.09. The first-order chi connectivity index (χ1) is 4.20. The number of anilines is 1. The Morgan fingerprint density at radius 1 is 1.56 bits per heavy atom. The summed E-state index contributed by atoms with van der Waals surface area (Å²) in [7, 11) is 3.91. The number of aromatic nitrogens is 2. The largest absolute Gasteiger partial charge is 0.349 e. The molecule has 3 nitrogen and oxygen atoms in total. The van der Waals surface area contributed by atoms with Gasteiger partial charge >= 0.3 is 0 Å². The minimum Gasteiger partial charge on any atom is -0.349 e. The topological polar surface area (TPSA) is 31.9 Å². The standard InChI is InChI=1S/C6H11N3/c1-5-4-7-6(8-5)9(2)3/h4H,1-3H3,(H,7,8). The summed E-state index contributed by atoms with van der Waals surface area (Å²) in [5.41, 5.74) is 1.10. The van der Waals surface area contributed by atoms with Gasteiger partial charge in [0.05, 0.1) is 0 Å². The van der Waals surface area contributed by atoms with E-state index in [2.05, 4.69) is 9.97 Å². The van der Waals surface area contributed by atoms with E-state index in [4.69, 9.17) is 0 Å². The van der Waals surface area contributed by atoms with E-state index < -0.39 is 0 Å². The first kappa shape index (κ1) is 6.13. The summed E-state index contributed by atoms with van der Waals surface area (Å²) in [6.07, 6.45) is 1.81. The van der Waals surface area contributed by atoms with E-state index in [1.54, 1.807) is 0 Å². The third kappa shape index (κ3) is 1.22. The zero-order valence-corrected chi connectivity index (χ0v) is 5.97. The first-order valence-electron chi connectivity index (χ1n) is 2.89. The molecular weight excluding hydrogens is 114 g/mol. The zero-order chi connectivity index (χ0) is 6.85. The Balaban J connectivity index is 2.85. The highest BCUT2D eigenvalue weighted by Crippen LogP contribution is 2.02. The molecule has 0 unspecified atom stereocenters. The lowest BCUT2D eigenvalue weighted by atomic mass is 10.6. The van der Waals surface area contributed by atoms with Gasteiger partial charge in [-0.05, 0) is 6.92 Å². The van der Waals surface area contributed by atoms with Crippen molar-refractivity contribution in [1.29, 1.82) is 0 Å². The summed E-state index contributed by atoms with van der Waals surface area (Å²) < 4.78 is 0. The third-order valence-electron chi connectivity index (χ3n) is 1.11. The van der Waals surface area contributed by atoms with Crippen LogP contribution in [0, 0.1) is 6.92 Å². The maximum absolute atomic E-state index is 4.09. The molecule has 1 heterocycles. The summed E-state index contributed by atoms with van der Waals surface area (Å²) in [5, 5.41) is 0. The van der Waals surface area contributed by atoms with Crippen molar-refractivity contribution >= 4 is 5.95 Å². The highest BCUT2D eigenvalue weighted by molar-refractivity contribution is 5.27. The number of aromatic amines is 1. The van der Waals surface area contributed by atoms with Gasteiger partial charge in [0.15, 0.2) is 0 Å². The average Bonchev–Trinajstić information content (AvgIpc) is 2.14. The van der Waals surface area contributed by atoms with Gasteiger partial charge in [0.25, 0.3) is 0 Å². The monoisotopic (exact) mass is 125 g/mol. The third-order valence-corrected chi connectivity index (χ3v) is 1.11. The first-order valence-corrected chi connectivity index (χ1v) is 2.89. The Kier molecular flexibility index (Phi) is 1.42. The van der Waals surface area contributed by atoms with Crippen molar-refractivity contribution in [1.82, 2.24) is 9.97 Å². The maximum Gasteiger partial charge on any atom is 0.202 e. The second-order valence-electron chi connectivity index (χ2n) is 2.28. The molecule has 0 saturated carbocycles. The predicted octanol–water partition coefficient (Wildman–Crippen LogP) is 0.784. The molecule has 1 aromatic rings. The van der Waals surface area contributed by atoms with Crippen molar-refractivity contribution < 1.29 is 0 Å². The molecule has 1 aromatic heterocycles. The van der Waals surface area contributed by atoms with Crippen LogP contribution in [0.15, 0.2) is 6.20 Å².